The lowest BCUT2D eigenvalue weighted by Gasteiger charge is -2.26. The molecule has 1 unspecified atom stereocenters. The minimum absolute atomic E-state index is 0.102. The van der Waals surface area contributed by atoms with E-state index in [1.807, 2.05) is 0 Å². The molecule has 10 heavy (non-hydrogen) atoms. The van der Waals surface area contributed by atoms with Crippen LogP contribution in [0.25, 0.3) is 0 Å². The predicted octanol–water partition coefficient (Wildman–Crippen LogP) is -0.574. The fourth-order valence-electron chi connectivity index (χ4n) is 0.382. The molecule has 60 valence electrons. The van der Waals surface area contributed by atoms with Gasteiger partial charge in [0.15, 0.2) is 13.1 Å². The van der Waals surface area contributed by atoms with Gasteiger partial charge in [0.1, 0.15) is 0 Å². The molecule has 1 heterocycles. The number of rotatable bonds is 3. The van der Waals surface area contributed by atoms with E-state index in [2.05, 4.69) is 13.6 Å². The van der Waals surface area contributed by atoms with Crippen LogP contribution in [0, 0.1) is 0 Å². The highest BCUT2D eigenvalue weighted by Gasteiger charge is 2.38. The molecular formula is C3H7O6P. The first kappa shape index (κ1) is 8.13. The van der Waals surface area contributed by atoms with Gasteiger partial charge < -0.3 is 10.2 Å². The molecule has 1 atom stereocenters. The van der Waals surface area contributed by atoms with Gasteiger partial charge >= 0.3 is 7.82 Å². The van der Waals surface area contributed by atoms with E-state index in [-0.39, 0.29) is 6.79 Å². The second-order valence-electron chi connectivity index (χ2n) is 1.57. The molecule has 0 aromatic heterocycles. The van der Waals surface area contributed by atoms with Crippen LogP contribution in [0.3, 0.4) is 0 Å². The van der Waals surface area contributed by atoms with Crippen LogP contribution in [-0.4, -0.2) is 29.9 Å². The van der Waals surface area contributed by atoms with Gasteiger partial charge in [-0.05, 0) is 0 Å². The molecule has 0 radical (unpaired) electrons. The van der Waals surface area contributed by atoms with E-state index in [1.165, 1.54) is 0 Å². The van der Waals surface area contributed by atoms with Crippen molar-refractivity contribution in [3.05, 3.63) is 0 Å². The molecule has 0 spiro atoms. The van der Waals surface area contributed by atoms with Gasteiger partial charge in [0.2, 0.25) is 0 Å². The summed E-state index contributed by atoms with van der Waals surface area (Å²) in [5, 5.41) is 16.8. The number of aliphatic hydroxyl groups is 2. The van der Waals surface area contributed by atoms with Crippen molar-refractivity contribution in [3.63, 3.8) is 0 Å². The van der Waals surface area contributed by atoms with E-state index in [4.69, 9.17) is 10.2 Å². The van der Waals surface area contributed by atoms with E-state index in [1.54, 1.807) is 0 Å². The second-order valence-corrected chi connectivity index (χ2v) is 3.19. The first-order valence-electron chi connectivity index (χ1n) is 2.53. The summed E-state index contributed by atoms with van der Waals surface area (Å²) in [5.41, 5.74) is 0. The molecule has 1 aliphatic rings. The highest BCUT2D eigenvalue weighted by Crippen LogP contribution is 2.57. The SMILES string of the molecule is O=P1(OC(O)CO)OCO1. The Hall–Kier alpha value is 0.0300. The van der Waals surface area contributed by atoms with Crippen LogP contribution in [0.4, 0.5) is 0 Å². The fourth-order valence-corrected chi connectivity index (χ4v) is 1.15. The number of aliphatic hydroxyl groups excluding tert-OH is 2. The molecule has 0 aliphatic carbocycles. The topological polar surface area (TPSA) is 85.2 Å². The van der Waals surface area contributed by atoms with E-state index < -0.39 is 20.7 Å². The third-order valence-corrected chi connectivity index (χ3v) is 2.17. The van der Waals surface area contributed by atoms with Crippen LogP contribution in [0.1, 0.15) is 0 Å². The lowest BCUT2D eigenvalue weighted by Crippen LogP contribution is -2.21. The van der Waals surface area contributed by atoms with Gasteiger partial charge in [-0.2, -0.15) is 0 Å². The van der Waals surface area contributed by atoms with Crippen molar-refractivity contribution in [3.8, 4) is 0 Å². The Morgan fingerprint density at radius 3 is 2.60 bits per heavy atom. The van der Waals surface area contributed by atoms with Crippen LogP contribution >= 0.6 is 7.82 Å². The van der Waals surface area contributed by atoms with Gasteiger partial charge in [-0.25, -0.2) is 4.57 Å². The average molecular weight is 170 g/mol. The van der Waals surface area contributed by atoms with Crippen LogP contribution in [-0.2, 0) is 18.1 Å². The Kier molecular flexibility index (Phi) is 2.40. The zero-order chi connectivity index (χ0) is 7.61. The van der Waals surface area contributed by atoms with Crippen molar-refractivity contribution in [1.82, 2.24) is 0 Å². The molecule has 1 saturated heterocycles. The number of phosphoric acid groups is 1. The number of phosphoric ester groups is 1. The molecule has 0 saturated carbocycles. The van der Waals surface area contributed by atoms with Crippen molar-refractivity contribution in [2.45, 2.75) is 6.29 Å². The Balaban J connectivity index is 2.30. The maximum absolute atomic E-state index is 10.7. The van der Waals surface area contributed by atoms with Crippen LogP contribution in [0.15, 0.2) is 0 Å². The summed E-state index contributed by atoms with van der Waals surface area (Å²) < 4.78 is 23.6. The van der Waals surface area contributed by atoms with E-state index >= 15 is 0 Å². The number of hydrogen-bond acceptors (Lipinski definition) is 6. The van der Waals surface area contributed by atoms with Gasteiger partial charge in [-0.1, -0.05) is 0 Å². The maximum Gasteiger partial charge on any atom is 0.481 e. The van der Waals surface area contributed by atoms with Gasteiger partial charge in [0.05, 0.1) is 6.61 Å². The van der Waals surface area contributed by atoms with Gasteiger partial charge in [0, 0.05) is 0 Å². The Morgan fingerprint density at radius 1 is 1.70 bits per heavy atom. The molecule has 1 aliphatic heterocycles. The van der Waals surface area contributed by atoms with Gasteiger partial charge in [-0.15, -0.1) is 0 Å². The molecule has 6 nitrogen and oxygen atoms in total. The quantitative estimate of drug-likeness (QED) is 0.435. The Bertz CT molecular complexity index is 149. The molecular weight excluding hydrogens is 163 g/mol. The van der Waals surface area contributed by atoms with E-state index in [0.717, 1.165) is 0 Å². The van der Waals surface area contributed by atoms with Crippen molar-refractivity contribution >= 4 is 7.82 Å². The molecule has 7 heteroatoms. The van der Waals surface area contributed by atoms with Crippen LogP contribution < -0.4 is 0 Å². The molecule has 1 rings (SSSR count). The summed E-state index contributed by atoms with van der Waals surface area (Å²) in [6.07, 6.45) is -1.51. The summed E-state index contributed by atoms with van der Waals surface area (Å²) in [7, 11) is -3.48. The fraction of sp³-hybridized carbons (Fsp3) is 1.00. The van der Waals surface area contributed by atoms with E-state index in [9.17, 15) is 4.57 Å². The van der Waals surface area contributed by atoms with Crippen molar-refractivity contribution in [2.24, 2.45) is 0 Å². The first-order valence-corrected chi connectivity index (χ1v) is 3.99. The van der Waals surface area contributed by atoms with E-state index in [0.29, 0.717) is 0 Å². The van der Waals surface area contributed by atoms with Gasteiger partial charge in [-0.3, -0.25) is 13.6 Å². The standard InChI is InChI=1S/C3H7O6P/c4-1-3(5)9-10(6)7-2-8-10/h3-5H,1-2H2. The minimum atomic E-state index is -3.48. The monoisotopic (exact) mass is 170 g/mol. The molecule has 0 aromatic carbocycles. The smallest absolute Gasteiger partial charge is 0.391 e. The molecule has 2 N–H and O–H groups in total. The van der Waals surface area contributed by atoms with Crippen molar-refractivity contribution in [1.29, 1.82) is 0 Å². The number of hydrogen-bond donors (Lipinski definition) is 2. The largest absolute Gasteiger partial charge is 0.481 e. The second kappa shape index (κ2) is 2.96. The minimum Gasteiger partial charge on any atom is -0.391 e. The third kappa shape index (κ3) is 1.76. The summed E-state index contributed by atoms with van der Waals surface area (Å²) in [6, 6.07) is 0. The predicted molar refractivity (Wildman–Crippen MR) is 28.8 cm³/mol. The summed E-state index contributed by atoms with van der Waals surface area (Å²) in [5.74, 6) is 0. The molecule has 1 fully saturated rings. The maximum atomic E-state index is 10.7. The van der Waals surface area contributed by atoms with Crippen molar-refractivity contribution < 1.29 is 28.3 Å². The van der Waals surface area contributed by atoms with Crippen LogP contribution in [0.5, 0.6) is 0 Å². The average Bonchev–Trinajstić information content (AvgIpc) is 1.84. The highest BCUT2D eigenvalue weighted by atomic mass is 31.2. The van der Waals surface area contributed by atoms with Gasteiger partial charge in [0.25, 0.3) is 0 Å². The zero-order valence-electron chi connectivity index (χ0n) is 4.97. The van der Waals surface area contributed by atoms with Crippen molar-refractivity contribution in [2.75, 3.05) is 13.4 Å². The summed E-state index contributed by atoms with van der Waals surface area (Å²) in [6.45, 7) is -0.744. The third-order valence-electron chi connectivity index (χ3n) is 0.829. The molecule has 0 aromatic rings. The summed E-state index contributed by atoms with van der Waals surface area (Å²) >= 11 is 0. The summed E-state index contributed by atoms with van der Waals surface area (Å²) in [4.78, 5) is 0. The normalized spacial score (nSPS) is 25.4. The Morgan fingerprint density at radius 2 is 2.30 bits per heavy atom. The first-order chi connectivity index (χ1) is 4.66. The highest BCUT2D eigenvalue weighted by molar-refractivity contribution is 7.49. The lowest BCUT2D eigenvalue weighted by atomic mass is 10.7. The molecule has 0 amide bonds. The molecule has 0 bridgehead atoms. The zero-order valence-corrected chi connectivity index (χ0v) is 5.86. The lowest BCUT2D eigenvalue weighted by molar-refractivity contribution is -0.119. The van der Waals surface area contributed by atoms with Crippen LogP contribution in [0.2, 0.25) is 0 Å². The Labute approximate surface area is 56.9 Å².